The average molecular weight is 470 g/mol. The number of rotatable bonds is 9. The van der Waals surface area contributed by atoms with Crippen LogP contribution in [0.25, 0.3) is 10.8 Å². The molecule has 2 unspecified atom stereocenters. The number of likely N-dealkylation sites (tertiary alicyclic amines) is 1. The zero-order chi connectivity index (χ0) is 23.8. The fourth-order valence-electron chi connectivity index (χ4n) is 4.38. The fourth-order valence-corrected chi connectivity index (χ4v) is 5.31. The van der Waals surface area contributed by atoms with Gasteiger partial charge in [0.25, 0.3) is 0 Å². The highest BCUT2D eigenvalue weighted by Gasteiger charge is 2.30. The Morgan fingerprint density at radius 1 is 1.15 bits per heavy atom. The number of amides is 2. The number of nitrogens with zero attached hydrogens (tertiary/aromatic N) is 3. The van der Waals surface area contributed by atoms with E-state index in [0.29, 0.717) is 0 Å². The Labute approximate surface area is 197 Å². The Hall–Kier alpha value is -2.80. The number of piperidine rings is 1. The van der Waals surface area contributed by atoms with E-state index in [0.717, 1.165) is 25.9 Å². The monoisotopic (exact) mass is 469 g/mol. The minimum Gasteiger partial charge on any atom is -0.346 e. The van der Waals surface area contributed by atoms with Gasteiger partial charge in [-0.25, -0.2) is 8.51 Å². The van der Waals surface area contributed by atoms with Gasteiger partial charge in [-0.3, -0.25) is 14.5 Å². The highest BCUT2D eigenvalue weighted by Crippen LogP contribution is 2.31. The molecule has 2 amide bonds. The second-order valence-electron chi connectivity index (χ2n) is 8.22. The SMILES string of the molecule is CC(c1cccc2ccccc12)N1CCC(N(CC(=O)NCC(=O)NCC#N)S(C)=O)CC1. The molecule has 0 bridgehead atoms. The number of carbonyl (C=O) groups is 2. The maximum absolute atomic E-state index is 12.4. The molecule has 2 aromatic rings. The third kappa shape index (κ3) is 6.60. The maximum atomic E-state index is 12.4. The molecule has 0 spiro atoms. The van der Waals surface area contributed by atoms with E-state index in [9.17, 15) is 13.8 Å². The first-order chi connectivity index (χ1) is 15.9. The van der Waals surface area contributed by atoms with E-state index in [1.54, 1.807) is 10.6 Å². The van der Waals surface area contributed by atoms with Crippen LogP contribution in [0, 0.1) is 11.3 Å². The molecular formula is C24H31N5O3S. The van der Waals surface area contributed by atoms with Gasteiger partial charge in [-0.05, 0) is 36.1 Å². The summed E-state index contributed by atoms with van der Waals surface area (Å²) in [6, 6.07) is 16.9. The molecular weight excluding hydrogens is 438 g/mol. The summed E-state index contributed by atoms with van der Waals surface area (Å²) >= 11 is 0. The van der Waals surface area contributed by atoms with Crippen LogP contribution in [0.5, 0.6) is 0 Å². The number of nitriles is 1. The molecule has 9 heteroatoms. The molecule has 33 heavy (non-hydrogen) atoms. The normalized spacial score (nSPS) is 16.8. The number of carbonyl (C=O) groups excluding carboxylic acids is 2. The summed E-state index contributed by atoms with van der Waals surface area (Å²) < 4.78 is 14.1. The smallest absolute Gasteiger partial charge is 0.240 e. The largest absolute Gasteiger partial charge is 0.346 e. The van der Waals surface area contributed by atoms with E-state index in [-0.39, 0.29) is 37.6 Å². The highest BCUT2D eigenvalue weighted by molar-refractivity contribution is 7.81. The van der Waals surface area contributed by atoms with Crippen molar-refractivity contribution in [3.8, 4) is 6.07 Å². The lowest BCUT2D eigenvalue weighted by atomic mass is 9.96. The number of hydrogen-bond donors (Lipinski definition) is 2. The van der Waals surface area contributed by atoms with Gasteiger partial charge in [0, 0.05) is 31.4 Å². The first-order valence-corrected chi connectivity index (χ1v) is 12.6. The predicted molar refractivity (Wildman–Crippen MR) is 129 cm³/mol. The fraction of sp³-hybridized carbons (Fsp3) is 0.458. The van der Waals surface area contributed by atoms with Crippen molar-refractivity contribution in [3.05, 3.63) is 48.0 Å². The summed E-state index contributed by atoms with van der Waals surface area (Å²) in [5, 5.41) is 15.9. The molecule has 176 valence electrons. The lowest BCUT2D eigenvalue weighted by molar-refractivity contribution is -0.126. The zero-order valence-corrected chi connectivity index (χ0v) is 19.9. The van der Waals surface area contributed by atoms with Gasteiger partial charge < -0.3 is 10.6 Å². The van der Waals surface area contributed by atoms with E-state index in [1.807, 2.05) is 6.07 Å². The highest BCUT2D eigenvalue weighted by atomic mass is 32.2. The molecule has 1 aliphatic heterocycles. The Bertz CT molecular complexity index is 1040. The summed E-state index contributed by atoms with van der Waals surface area (Å²) in [7, 11) is -1.31. The number of hydrogen-bond acceptors (Lipinski definition) is 5. The van der Waals surface area contributed by atoms with Crippen molar-refractivity contribution in [3.63, 3.8) is 0 Å². The topological polar surface area (TPSA) is 106 Å². The van der Waals surface area contributed by atoms with Gasteiger partial charge in [-0.1, -0.05) is 42.5 Å². The minimum atomic E-state index is -1.31. The number of benzene rings is 2. The van der Waals surface area contributed by atoms with Gasteiger partial charge in [0.2, 0.25) is 11.8 Å². The van der Waals surface area contributed by atoms with Crippen molar-refractivity contribution < 1.29 is 13.8 Å². The van der Waals surface area contributed by atoms with Gasteiger partial charge in [-0.15, -0.1) is 0 Å². The third-order valence-corrected chi connectivity index (χ3v) is 7.26. The van der Waals surface area contributed by atoms with Crippen molar-refractivity contribution in [2.24, 2.45) is 0 Å². The molecule has 2 aromatic carbocycles. The molecule has 0 radical (unpaired) electrons. The van der Waals surface area contributed by atoms with Crippen LogP contribution in [0.1, 0.15) is 31.4 Å². The van der Waals surface area contributed by atoms with E-state index < -0.39 is 16.9 Å². The lowest BCUT2D eigenvalue weighted by Crippen LogP contribution is -2.49. The van der Waals surface area contributed by atoms with Crippen molar-refractivity contribution in [1.29, 1.82) is 5.26 Å². The van der Waals surface area contributed by atoms with Crippen molar-refractivity contribution in [2.75, 3.05) is 39.0 Å². The lowest BCUT2D eigenvalue weighted by Gasteiger charge is -2.39. The zero-order valence-electron chi connectivity index (χ0n) is 19.1. The molecule has 3 rings (SSSR count). The van der Waals surface area contributed by atoms with Gasteiger partial charge in [0.1, 0.15) is 6.54 Å². The minimum absolute atomic E-state index is 0.0296. The molecule has 0 aliphatic carbocycles. The average Bonchev–Trinajstić information content (AvgIpc) is 2.84. The molecule has 8 nitrogen and oxygen atoms in total. The third-order valence-electron chi connectivity index (χ3n) is 6.17. The van der Waals surface area contributed by atoms with Crippen molar-refractivity contribution in [2.45, 2.75) is 31.8 Å². The van der Waals surface area contributed by atoms with Gasteiger partial charge in [0.05, 0.1) is 30.1 Å². The molecule has 0 aromatic heterocycles. The van der Waals surface area contributed by atoms with E-state index in [2.05, 4.69) is 64.9 Å². The van der Waals surface area contributed by atoms with Crippen LogP contribution in [0.2, 0.25) is 0 Å². The first-order valence-electron chi connectivity index (χ1n) is 11.1. The Balaban J connectivity index is 1.56. The van der Waals surface area contributed by atoms with Gasteiger partial charge >= 0.3 is 0 Å². The van der Waals surface area contributed by atoms with Gasteiger partial charge in [0.15, 0.2) is 0 Å². The van der Waals surface area contributed by atoms with Crippen LogP contribution in [-0.2, 0) is 20.6 Å². The van der Waals surface area contributed by atoms with Crippen LogP contribution >= 0.6 is 0 Å². The van der Waals surface area contributed by atoms with Crippen LogP contribution in [0.3, 0.4) is 0 Å². The maximum Gasteiger partial charge on any atom is 0.240 e. The molecule has 1 saturated heterocycles. The summed E-state index contributed by atoms with van der Waals surface area (Å²) in [4.78, 5) is 26.3. The Kier molecular flexibility index (Phi) is 8.95. The predicted octanol–water partition coefficient (Wildman–Crippen LogP) is 1.72. The molecule has 1 heterocycles. The summed E-state index contributed by atoms with van der Waals surface area (Å²) in [5.74, 6) is -0.784. The second-order valence-corrected chi connectivity index (χ2v) is 9.54. The number of nitrogens with one attached hydrogen (secondary N) is 2. The van der Waals surface area contributed by atoms with E-state index in [1.165, 1.54) is 16.3 Å². The second kappa shape index (κ2) is 11.9. The van der Waals surface area contributed by atoms with Crippen LogP contribution in [0.4, 0.5) is 0 Å². The van der Waals surface area contributed by atoms with E-state index in [4.69, 9.17) is 5.26 Å². The van der Waals surface area contributed by atoms with Crippen LogP contribution in [0.15, 0.2) is 42.5 Å². The van der Waals surface area contributed by atoms with Crippen LogP contribution < -0.4 is 10.6 Å². The molecule has 1 fully saturated rings. The molecule has 1 aliphatic rings. The summed E-state index contributed by atoms with van der Waals surface area (Å²) in [6.45, 7) is 3.59. The van der Waals surface area contributed by atoms with Crippen molar-refractivity contribution >= 4 is 33.6 Å². The molecule has 2 atom stereocenters. The molecule has 2 N–H and O–H groups in total. The van der Waals surface area contributed by atoms with Gasteiger partial charge in [-0.2, -0.15) is 5.26 Å². The number of fused-ring (bicyclic) bond motifs is 1. The summed E-state index contributed by atoms with van der Waals surface area (Å²) in [5.41, 5.74) is 1.30. The summed E-state index contributed by atoms with van der Waals surface area (Å²) in [6.07, 6.45) is 3.20. The quantitative estimate of drug-likeness (QED) is 0.544. The Morgan fingerprint density at radius 2 is 1.85 bits per heavy atom. The molecule has 0 saturated carbocycles. The van der Waals surface area contributed by atoms with E-state index >= 15 is 0 Å². The van der Waals surface area contributed by atoms with Crippen LogP contribution in [-0.4, -0.2) is 70.2 Å². The Morgan fingerprint density at radius 3 is 2.55 bits per heavy atom. The van der Waals surface area contributed by atoms with Crippen molar-refractivity contribution in [1.82, 2.24) is 19.8 Å². The first kappa shape index (κ1) is 24.8. The standard InChI is InChI=1S/C24H31N5O3S/c1-18(21-9-5-7-19-6-3-4-8-22(19)21)28-14-10-20(11-15-28)29(33(2)32)17-24(31)27-16-23(30)26-13-12-25/h3-9,18,20H,10-11,13-17H2,1-2H3,(H,26,30)(H,27,31).